The molecule has 7 nitrogen and oxygen atoms in total. The maximum absolute atomic E-state index is 12.2. The van der Waals surface area contributed by atoms with E-state index in [9.17, 15) is 9.59 Å². The summed E-state index contributed by atoms with van der Waals surface area (Å²) in [6, 6.07) is 7.22. The number of esters is 2. The van der Waals surface area contributed by atoms with Gasteiger partial charge in [-0.2, -0.15) is 0 Å². The molecule has 0 aliphatic rings. The van der Waals surface area contributed by atoms with Crippen LogP contribution in [0.1, 0.15) is 34.6 Å². The Kier molecular flexibility index (Phi) is 4.35. The molecule has 0 aliphatic heterocycles. The summed E-state index contributed by atoms with van der Waals surface area (Å²) in [4.78, 5) is 29.0. The molecule has 0 N–H and O–H groups in total. The molecule has 0 aliphatic carbocycles. The van der Waals surface area contributed by atoms with E-state index in [4.69, 9.17) is 9.47 Å². The van der Waals surface area contributed by atoms with Crippen LogP contribution < -0.4 is 0 Å². The maximum atomic E-state index is 12.2. The molecule has 0 spiro atoms. The van der Waals surface area contributed by atoms with Crippen molar-refractivity contribution in [2.45, 2.75) is 13.8 Å². The highest BCUT2D eigenvalue weighted by atomic mass is 79.9. The quantitative estimate of drug-likeness (QED) is 0.363. The number of nitrogens with zero attached hydrogens (tertiary/aromatic N) is 3. The monoisotopic (exact) mass is 429 g/mol. The van der Waals surface area contributed by atoms with E-state index in [1.807, 2.05) is 20.9 Å². The van der Waals surface area contributed by atoms with E-state index >= 15 is 0 Å². The Morgan fingerprint density at radius 1 is 0.926 bits per heavy atom. The zero-order valence-electron chi connectivity index (χ0n) is 14.7. The lowest BCUT2D eigenvalue weighted by Crippen LogP contribution is -2.03. The third-order valence-corrected chi connectivity index (χ3v) is 4.67. The van der Waals surface area contributed by atoms with Gasteiger partial charge in [-0.25, -0.2) is 14.6 Å². The van der Waals surface area contributed by atoms with Crippen LogP contribution in [0.25, 0.3) is 22.2 Å². The summed E-state index contributed by atoms with van der Waals surface area (Å²) >= 11 is 3.39. The van der Waals surface area contributed by atoms with Crippen LogP contribution in [-0.4, -0.2) is 38.9 Å². The van der Waals surface area contributed by atoms with Gasteiger partial charge in [-0.3, -0.25) is 4.40 Å². The lowest BCUT2D eigenvalue weighted by molar-refractivity contribution is 0.0517. The van der Waals surface area contributed by atoms with E-state index < -0.39 is 11.9 Å². The third kappa shape index (κ3) is 2.86. The number of hydrogen-bond acceptors (Lipinski definition) is 5. The first-order valence-electron chi connectivity index (χ1n) is 8.50. The van der Waals surface area contributed by atoms with Crippen LogP contribution in [0.5, 0.6) is 0 Å². The largest absolute Gasteiger partial charge is 0.462 e. The second-order valence-electron chi connectivity index (χ2n) is 5.89. The first-order chi connectivity index (χ1) is 13.0. The second-order valence-corrected chi connectivity index (χ2v) is 6.70. The molecule has 4 rings (SSSR count). The zero-order valence-corrected chi connectivity index (χ0v) is 16.3. The van der Waals surface area contributed by atoms with Crippen molar-refractivity contribution in [3.05, 3.63) is 52.4 Å². The van der Waals surface area contributed by atoms with E-state index in [0.717, 1.165) is 16.6 Å². The van der Waals surface area contributed by atoms with E-state index in [1.165, 1.54) is 0 Å². The summed E-state index contributed by atoms with van der Waals surface area (Å²) in [5.41, 5.74) is 3.81. The number of rotatable bonds is 4. The van der Waals surface area contributed by atoms with Crippen molar-refractivity contribution in [2.75, 3.05) is 13.2 Å². The predicted octanol–water partition coefficient (Wildman–Crippen LogP) is 3.86. The van der Waals surface area contributed by atoms with Crippen molar-refractivity contribution in [3.63, 3.8) is 0 Å². The van der Waals surface area contributed by atoms with Crippen molar-refractivity contribution < 1.29 is 19.1 Å². The molecule has 0 saturated carbocycles. The van der Waals surface area contributed by atoms with Gasteiger partial charge in [-0.15, -0.1) is 0 Å². The summed E-state index contributed by atoms with van der Waals surface area (Å²) in [5, 5.41) is 0. The lowest BCUT2D eigenvalue weighted by atomic mass is 10.3. The number of pyridine rings is 1. The van der Waals surface area contributed by atoms with Gasteiger partial charge in [0.25, 0.3) is 0 Å². The van der Waals surface area contributed by atoms with Crippen LogP contribution in [0.4, 0.5) is 0 Å². The number of fused-ring (bicyclic) bond motifs is 6. The van der Waals surface area contributed by atoms with Crippen LogP contribution in [0.2, 0.25) is 0 Å². The smallest absolute Gasteiger partial charge is 0.339 e. The first-order valence-corrected chi connectivity index (χ1v) is 9.29. The van der Waals surface area contributed by atoms with E-state index in [-0.39, 0.29) is 0 Å². The average molecular weight is 430 g/mol. The Labute approximate surface area is 162 Å². The number of ether oxygens (including phenoxy) is 2. The number of carbonyl (C=O) groups is 2. The van der Waals surface area contributed by atoms with Crippen molar-refractivity contribution in [2.24, 2.45) is 0 Å². The summed E-state index contributed by atoms with van der Waals surface area (Å²) < 4.78 is 14.6. The summed E-state index contributed by atoms with van der Waals surface area (Å²) in [6.45, 7) is 4.12. The van der Waals surface area contributed by atoms with Gasteiger partial charge >= 0.3 is 11.9 Å². The van der Waals surface area contributed by atoms with Crippen molar-refractivity contribution in [3.8, 4) is 0 Å². The van der Waals surface area contributed by atoms with Gasteiger partial charge in [0.15, 0.2) is 5.65 Å². The molecule has 4 aromatic heterocycles. The van der Waals surface area contributed by atoms with Crippen LogP contribution in [0.15, 0.2) is 41.3 Å². The Morgan fingerprint density at radius 3 is 2.07 bits per heavy atom. The first kappa shape index (κ1) is 17.5. The normalized spacial score (nSPS) is 11.4. The fourth-order valence-electron chi connectivity index (χ4n) is 3.13. The highest BCUT2D eigenvalue weighted by molar-refractivity contribution is 9.10. The molecule has 4 heterocycles. The minimum Gasteiger partial charge on any atom is -0.462 e. The Balaban J connectivity index is 2.07. The SMILES string of the molecule is CCOC(=O)c1cc2c3cc(C(=O)OCC)cn3c3nc(Br)ccc3n2c1. The van der Waals surface area contributed by atoms with E-state index in [1.54, 1.807) is 38.4 Å². The van der Waals surface area contributed by atoms with E-state index in [0.29, 0.717) is 34.6 Å². The van der Waals surface area contributed by atoms with Crippen molar-refractivity contribution >= 4 is 50.1 Å². The van der Waals surface area contributed by atoms with E-state index in [2.05, 4.69) is 20.9 Å². The molecule has 4 aromatic rings. The van der Waals surface area contributed by atoms with Gasteiger partial charge in [0, 0.05) is 12.4 Å². The molecular weight excluding hydrogens is 414 g/mol. The Morgan fingerprint density at radius 2 is 1.48 bits per heavy atom. The predicted molar refractivity (Wildman–Crippen MR) is 103 cm³/mol. The van der Waals surface area contributed by atoms with Crippen LogP contribution in [0, 0.1) is 0 Å². The number of hydrogen-bond donors (Lipinski definition) is 0. The molecule has 27 heavy (non-hydrogen) atoms. The molecule has 0 unspecified atom stereocenters. The summed E-state index contributed by atoms with van der Waals surface area (Å²) in [6.07, 6.45) is 3.43. The van der Waals surface area contributed by atoms with Crippen LogP contribution >= 0.6 is 15.9 Å². The molecule has 0 saturated heterocycles. The number of aromatic nitrogens is 3. The van der Waals surface area contributed by atoms with Gasteiger partial charge in [-0.05, 0) is 54.0 Å². The van der Waals surface area contributed by atoms with Gasteiger partial charge in [0.2, 0.25) is 0 Å². The van der Waals surface area contributed by atoms with Crippen LogP contribution in [0.3, 0.4) is 0 Å². The Bertz CT molecular complexity index is 1210. The molecule has 0 aromatic carbocycles. The number of carbonyl (C=O) groups excluding carboxylic acids is 2. The van der Waals surface area contributed by atoms with Gasteiger partial charge in [0.05, 0.1) is 40.9 Å². The van der Waals surface area contributed by atoms with Gasteiger partial charge in [-0.1, -0.05) is 0 Å². The second kappa shape index (κ2) is 6.70. The topological polar surface area (TPSA) is 74.3 Å². The molecule has 0 bridgehead atoms. The summed E-state index contributed by atoms with van der Waals surface area (Å²) in [5.74, 6) is -0.797. The molecule has 0 atom stereocenters. The van der Waals surface area contributed by atoms with Crippen molar-refractivity contribution in [1.82, 2.24) is 13.8 Å². The molecular formula is C19H16BrN3O4. The minimum absolute atomic E-state index is 0.295. The molecule has 0 radical (unpaired) electrons. The van der Waals surface area contributed by atoms with Crippen molar-refractivity contribution in [1.29, 1.82) is 0 Å². The summed E-state index contributed by atoms with van der Waals surface area (Å²) in [7, 11) is 0. The molecule has 8 heteroatoms. The molecule has 0 fully saturated rings. The Hall–Kier alpha value is -2.87. The standard InChI is InChI=1S/C19H16BrN3O4/c1-3-26-18(24)11-7-14-15-8-12(19(25)27-4-2)10-23(15)17-13(22(14)9-11)5-6-16(20)21-17/h5-10H,3-4H2,1-2H3. The van der Waals surface area contributed by atoms with Gasteiger partial charge in [0.1, 0.15) is 4.60 Å². The fourth-order valence-corrected chi connectivity index (χ4v) is 3.43. The highest BCUT2D eigenvalue weighted by Gasteiger charge is 2.18. The maximum Gasteiger partial charge on any atom is 0.339 e. The minimum atomic E-state index is -0.403. The highest BCUT2D eigenvalue weighted by Crippen LogP contribution is 2.27. The fraction of sp³-hybridized carbons (Fsp3) is 0.211. The zero-order chi connectivity index (χ0) is 19.1. The molecule has 0 amide bonds. The third-order valence-electron chi connectivity index (χ3n) is 4.23. The number of halogens is 1. The average Bonchev–Trinajstić information content (AvgIpc) is 3.27. The molecule has 138 valence electrons. The van der Waals surface area contributed by atoms with Crippen LogP contribution in [-0.2, 0) is 9.47 Å². The lowest BCUT2D eigenvalue weighted by Gasteiger charge is -2.07. The van der Waals surface area contributed by atoms with Gasteiger partial charge < -0.3 is 13.9 Å².